The van der Waals surface area contributed by atoms with Gasteiger partial charge in [-0.15, -0.1) is 11.3 Å². The second-order valence-electron chi connectivity index (χ2n) is 8.76. The van der Waals surface area contributed by atoms with Gasteiger partial charge in [0.1, 0.15) is 23.3 Å². The summed E-state index contributed by atoms with van der Waals surface area (Å²) in [4.78, 5) is 36.0. The molecule has 0 bridgehead atoms. The number of amides is 2. The van der Waals surface area contributed by atoms with Gasteiger partial charge >= 0.3 is 24.2 Å². The van der Waals surface area contributed by atoms with Gasteiger partial charge in [-0.1, -0.05) is 30.3 Å². The third-order valence-corrected chi connectivity index (χ3v) is 7.11. The molecule has 2 aromatic carbocycles. The van der Waals surface area contributed by atoms with Crippen molar-refractivity contribution in [2.75, 3.05) is 11.4 Å². The van der Waals surface area contributed by atoms with Crippen LogP contribution in [0.4, 0.5) is 32.0 Å². The summed E-state index contributed by atoms with van der Waals surface area (Å²) in [5.41, 5.74) is 1.28. The number of anilines is 1. The molecule has 14 heteroatoms. The van der Waals surface area contributed by atoms with E-state index in [0.29, 0.717) is 27.3 Å². The molecule has 2 amide bonds. The quantitative estimate of drug-likeness (QED) is 0.344. The number of benzene rings is 2. The molecule has 40 heavy (non-hydrogen) atoms. The van der Waals surface area contributed by atoms with E-state index in [4.69, 9.17) is 9.84 Å². The molecule has 1 unspecified atom stereocenters. The Hall–Kier alpha value is -4.07. The van der Waals surface area contributed by atoms with Crippen LogP contribution in [0, 0.1) is 0 Å². The third-order valence-electron chi connectivity index (χ3n) is 5.96. The Balaban J connectivity index is 1.49. The molecule has 0 saturated carbocycles. The number of thiophene rings is 1. The number of halogens is 6. The van der Waals surface area contributed by atoms with Crippen molar-refractivity contribution in [1.82, 2.24) is 5.32 Å². The molecule has 212 valence electrons. The van der Waals surface area contributed by atoms with Gasteiger partial charge in [0.15, 0.2) is 0 Å². The summed E-state index contributed by atoms with van der Waals surface area (Å²) >= 11 is 0.559. The number of carboxylic acid groups (broad SMARTS) is 1. The van der Waals surface area contributed by atoms with Crippen LogP contribution in [0.15, 0.2) is 54.6 Å². The highest BCUT2D eigenvalue weighted by Gasteiger charge is 2.42. The van der Waals surface area contributed by atoms with Gasteiger partial charge < -0.3 is 20.1 Å². The molecule has 1 atom stereocenters. The number of ether oxygens (including phenoxy) is 1. The number of hydrogen-bond donors (Lipinski definition) is 2. The van der Waals surface area contributed by atoms with Crippen molar-refractivity contribution >= 4 is 34.8 Å². The molecular formula is C26H20F6N2O5S. The third kappa shape index (κ3) is 6.55. The van der Waals surface area contributed by atoms with Gasteiger partial charge in [0, 0.05) is 22.7 Å². The topological polar surface area (TPSA) is 95.9 Å². The minimum absolute atomic E-state index is 0.00985. The zero-order chi connectivity index (χ0) is 29.2. The number of nitrogens with one attached hydrogen (secondary N) is 1. The molecule has 7 nitrogen and oxygen atoms in total. The molecule has 1 aliphatic heterocycles. The summed E-state index contributed by atoms with van der Waals surface area (Å²) in [5.74, 6) is -4.77. The van der Waals surface area contributed by atoms with Crippen molar-refractivity contribution < 1.29 is 50.6 Å². The van der Waals surface area contributed by atoms with E-state index in [9.17, 15) is 40.7 Å². The van der Waals surface area contributed by atoms with Crippen LogP contribution in [0.5, 0.6) is 5.75 Å². The maximum absolute atomic E-state index is 13.6. The summed E-state index contributed by atoms with van der Waals surface area (Å²) in [5, 5.41) is 10.5. The van der Waals surface area contributed by atoms with Gasteiger partial charge in [0.2, 0.25) is 5.91 Å². The average molecular weight is 587 g/mol. The molecule has 0 radical (unpaired) electrons. The number of rotatable bonds is 8. The van der Waals surface area contributed by atoms with Gasteiger partial charge in [-0.25, -0.2) is 0 Å². The summed E-state index contributed by atoms with van der Waals surface area (Å²) < 4.78 is 84.7. The predicted octanol–water partition coefficient (Wildman–Crippen LogP) is 5.42. The van der Waals surface area contributed by atoms with Crippen LogP contribution in [0.1, 0.15) is 21.7 Å². The molecule has 0 saturated heterocycles. The lowest BCUT2D eigenvalue weighted by molar-refractivity contribution is -0.175. The standard InChI is InChI=1S/C26H20F6N2O5S/c27-25(28,29)22-18(14-4-2-1-3-5-14)11-17(40-22)13-39-16-6-7-20-15(10-16)8-9-34(20)23(37)19(12-21(35)36)33-24(38)26(30,31)32/h1-7,10-11,19H,8-9,12-13H2,(H,33,38)(H,35,36). The minimum Gasteiger partial charge on any atom is -0.488 e. The van der Waals surface area contributed by atoms with Gasteiger partial charge in [0.05, 0.1) is 6.42 Å². The number of carbonyl (C=O) groups is 3. The zero-order valence-corrected chi connectivity index (χ0v) is 21.1. The Kier molecular flexibility index (Phi) is 8.10. The number of fused-ring (bicyclic) bond motifs is 1. The first kappa shape index (κ1) is 28.9. The highest BCUT2D eigenvalue weighted by atomic mass is 32.1. The second kappa shape index (κ2) is 11.2. The van der Waals surface area contributed by atoms with E-state index in [0.717, 1.165) is 4.90 Å². The summed E-state index contributed by atoms with van der Waals surface area (Å²) in [7, 11) is 0. The Morgan fingerprint density at radius 3 is 2.35 bits per heavy atom. The van der Waals surface area contributed by atoms with Crippen LogP contribution in [-0.2, 0) is 33.6 Å². The molecular weight excluding hydrogens is 566 g/mol. The normalized spacial score (nSPS) is 14.0. The van der Waals surface area contributed by atoms with E-state index in [1.54, 1.807) is 36.4 Å². The Morgan fingerprint density at radius 2 is 1.73 bits per heavy atom. The summed E-state index contributed by atoms with van der Waals surface area (Å²) in [6.45, 7) is -0.165. The molecule has 2 heterocycles. The lowest BCUT2D eigenvalue weighted by Crippen LogP contribution is -2.52. The summed E-state index contributed by atoms with van der Waals surface area (Å²) in [6, 6.07) is 12.0. The number of nitrogens with zero attached hydrogens (tertiary/aromatic N) is 1. The number of carbonyl (C=O) groups excluding carboxylic acids is 2. The predicted molar refractivity (Wildman–Crippen MR) is 132 cm³/mol. The first-order chi connectivity index (χ1) is 18.7. The minimum atomic E-state index is -5.31. The number of aliphatic carboxylic acids is 1. The van der Waals surface area contributed by atoms with E-state index in [1.807, 2.05) is 0 Å². The first-order valence-electron chi connectivity index (χ1n) is 11.7. The number of carboxylic acids is 1. The fraction of sp³-hybridized carbons (Fsp3) is 0.269. The van der Waals surface area contributed by atoms with Crippen molar-refractivity contribution in [3.05, 3.63) is 69.9 Å². The molecule has 3 aromatic rings. The van der Waals surface area contributed by atoms with Gasteiger partial charge in [-0.05, 0) is 41.8 Å². The van der Waals surface area contributed by atoms with Crippen molar-refractivity contribution in [3.8, 4) is 16.9 Å². The van der Waals surface area contributed by atoms with Crippen LogP contribution in [0.25, 0.3) is 11.1 Å². The van der Waals surface area contributed by atoms with E-state index in [1.165, 1.54) is 23.5 Å². The number of alkyl halides is 6. The maximum Gasteiger partial charge on any atom is 0.471 e. The van der Waals surface area contributed by atoms with E-state index in [-0.39, 0.29) is 36.6 Å². The molecule has 1 aromatic heterocycles. The smallest absolute Gasteiger partial charge is 0.471 e. The Bertz CT molecular complexity index is 1420. The van der Waals surface area contributed by atoms with Crippen molar-refractivity contribution in [2.45, 2.75) is 37.8 Å². The molecule has 0 spiro atoms. The fourth-order valence-corrected chi connectivity index (χ4v) is 5.17. The Labute approximate surface area is 227 Å². The van der Waals surface area contributed by atoms with E-state index < -0.39 is 47.5 Å². The first-order valence-corrected chi connectivity index (χ1v) is 12.5. The lowest BCUT2D eigenvalue weighted by Gasteiger charge is -2.24. The maximum atomic E-state index is 13.6. The zero-order valence-electron chi connectivity index (χ0n) is 20.3. The lowest BCUT2D eigenvalue weighted by atomic mass is 10.1. The van der Waals surface area contributed by atoms with Crippen molar-refractivity contribution in [1.29, 1.82) is 0 Å². The molecule has 0 aliphatic carbocycles. The van der Waals surface area contributed by atoms with Crippen LogP contribution in [0.2, 0.25) is 0 Å². The second-order valence-corrected chi connectivity index (χ2v) is 9.90. The molecule has 1 aliphatic rings. The highest BCUT2D eigenvalue weighted by Crippen LogP contribution is 2.43. The van der Waals surface area contributed by atoms with Gasteiger partial charge in [-0.2, -0.15) is 26.3 Å². The highest BCUT2D eigenvalue weighted by molar-refractivity contribution is 7.12. The van der Waals surface area contributed by atoms with Crippen LogP contribution >= 0.6 is 11.3 Å². The SMILES string of the molecule is O=C(O)CC(NC(=O)C(F)(F)F)C(=O)N1CCc2cc(OCc3cc(-c4ccccc4)c(C(F)(F)F)s3)ccc21. The molecule has 4 rings (SSSR count). The largest absolute Gasteiger partial charge is 0.488 e. The summed E-state index contributed by atoms with van der Waals surface area (Å²) in [6.07, 6.45) is -10.7. The van der Waals surface area contributed by atoms with Gasteiger partial charge in [-0.3, -0.25) is 14.4 Å². The fourth-order valence-electron chi connectivity index (χ4n) is 4.21. The van der Waals surface area contributed by atoms with Crippen LogP contribution in [0.3, 0.4) is 0 Å². The molecule has 2 N–H and O–H groups in total. The van der Waals surface area contributed by atoms with Crippen LogP contribution < -0.4 is 15.0 Å². The van der Waals surface area contributed by atoms with Crippen molar-refractivity contribution in [2.24, 2.45) is 0 Å². The Morgan fingerprint density at radius 1 is 1.02 bits per heavy atom. The average Bonchev–Trinajstić information content (AvgIpc) is 3.51. The molecule has 0 fully saturated rings. The van der Waals surface area contributed by atoms with Crippen molar-refractivity contribution in [3.63, 3.8) is 0 Å². The van der Waals surface area contributed by atoms with E-state index in [2.05, 4.69) is 0 Å². The van der Waals surface area contributed by atoms with Crippen LogP contribution in [-0.4, -0.2) is 41.7 Å². The van der Waals surface area contributed by atoms with E-state index >= 15 is 0 Å². The monoisotopic (exact) mass is 586 g/mol. The van der Waals surface area contributed by atoms with Gasteiger partial charge in [0.25, 0.3) is 0 Å². The number of hydrogen-bond acceptors (Lipinski definition) is 5.